The topological polar surface area (TPSA) is 40.7 Å². The third-order valence-electron chi connectivity index (χ3n) is 2.79. The van der Waals surface area contributed by atoms with E-state index < -0.39 is 0 Å². The average molecular weight is 233 g/mol. The summed E-state index contributed by atoms with van der Waals surface area (Å²) in [5.41, 5.74) is 2.22. The van der Waals surface area contributed by atoms with Gasteiger partial charge in [-0.25, -0.2) is 4.39 Å². The molecule has 17 heavy (non-hydrogen) atoms. The Balaban J connectivity index is 1.99. The molecule has 0 radical (unpaired) electrons. The van der Waals surface area contributed by atoms with Crippen LogP contribution in [-0.2, 0) is 6.54 Å². The summed E-state index contributed by atoms with van der Waals surface area (Å²) in [6.45, 7) is 2.86. The summed E-state index contributed by atoms with van der Waals surface area (Å²) in [4.78, 5) is 0. The summed E-state index contributed by atoms with van der Waals surface area (Å²) in [6.07, 6.45) is 4.62. The van der Waals surface area contributed by atoms with Crippen molar-refractivity contribution < 1.29 is 4.39 Å². The fraction of sp³-hybridized carbons (Fsp3) is 0.308. The highest BCUT2D eigenvalue weighted by atomic mass is 19.1. The maximum Gasteiger partial charge on any atom is 0.123 e. The molecule has 3 nitrogen and oxygen atoms in total. The van der Waals surface area contributed by atoms with Crippen molar-refractivity contribution in [2.75, 3.05) is 0 Å². The summed E-state index contributed by atoms with van der Waals surface area (Å²) in [5.74, 6) is -0.196. The first kappa shape index (κ1) is 11.8. The molecular weight excluding hydrogens is 217 g/mol. The van der Waals surface area contributed by atoms with Crippen molar-refractivity contribution in [3.63, 3.8) is 0 Å². The average Bonchev–Trinajstić information content (AvgIpc) is 2.85. The quantitative estimate of drug-likeness (QED) is 0.833. The summed E-state index contributed by atoms with van der Waals surface area (Å²) in [6, 6.07) is 6.89. The Kier molecular flexibility index (Phi) is 3.88. The number of halogens is 1. The van der Waals surface area contributed by atoms with Crippen LogP contribution in [0.1, 0.15) is 30.5 Å². The number of aromatic nitrogens is 2. The highest BCUT2D eigenvalue weighted by Gasteiger charge is 2.08. The molecule has 1 unspecified atom stereocenters. The van der Waals surface area contributed by atoms with E-state index in [1.807, 2.05) is 18.3 Å². The van der Waals surface area contributed by atoms with Gasteiger partial charge in [0.2, 0.25) is 0 Å². The number of nitrogens with zero attached hydrogens (tertiary/aromatic N) is 1. The first-order chi connectivity index (χ1) is 8.29. The second-order valence-electron chi connectivity index (χ2n) is 4.00. The van der Waals surface area contributed by atoms with Crippen LogP contribution in [0.25, 0.3) is 0 Å². The van der Waals surface area contributed by atoms with Gasteiger partial charge in [-0.05, 0) is 24.1 Å². The smallest absolute Gasteiger partial charge is 0.123 e. The van der Waals surface area contributed by atoms with Crippen LogP contribution >= 0.6 is 0 Å². The molecule has 0 saturated heterocycles. The molecule has 1 heterocycles. The van der Waals surface area contributed by atoms with Gasteiger partial charge in [0, 0.05) is 24.3 Å². The molecule has 0 aliphatic rings. The van der Waals surface area contributed by atoms with E-state index in [-0.39, 0.29) is 11.9 Å². The number of rotatable bonds is 5. The van der Waals surface area contributed by atoms with Gasteiger partial charge in [0.25, 0.3) is 0 Å². The highest BCUT2D eigenvalue weighted by molar-refractivity contribution is 5.20. The van der Waals surface area contributed by atoms with Gasteiger partial charge in [0.05, 0.1) is 6.20 Å². The maximum atomic E-state index is 12.8. The third kappa shape index (κ3) is 3.14. The molecule has 0 saturated carbocycles. The molecule has 0 fully saturated rings. The lowest BCUT2D eigenvalue weighted by Crippen LogP contribution is -2.20. The largest absolute Gasteiger partial charge is 0.306 e. The molecule has 4 heteroatoms. The number of benzene rings is 1. The number of H-pyrrole nitrogens is 1. The van der Waals surface area contributed by atoms with Crippen LogP contribution < -0.4 is 5.32 Å². The minimum absolute atomic E-state index is 0.196. The van der Waals surface area contributed by atoms with Crippen LogP contribution in [0.2, 0.25) is 0 Å². The van der Waals surface area contributed by atoms with Gasteiger partial charge in [-0.3, -0.25) is 5.10 Å². The molecule has 2 rings (SSSR count). The van der Waals surface area contributed by atoms with Gasteiger partial charge in [-0.15, -0.1) is 0 Å². The van der Waals surface area contributed by atoms with Crippen molar-refractivity contribution in [3.05, 3.63) is 53.6 Å². The predicted molar refractivity (Wildman–Crippen MR) is 64.9 cm³/mol. The number of aromatic amines is 1. The van der Waals surface area contributed by atoms with Crippen molar-refractivity contribution in [1.82, 2.24) is 15.5 Å². The Morgan fingerprint density at radius 2 is 2.12 bits per heavy atom. The molecular formula is C13H16FN3. The van der Waals surface area contributed by atoms with Gasteiger partial charge in [0.1, 0.15) is 5.82 Å². The summed E-state index contributed by atoms with van der Waals surface area (Å²) < 4.78 is 12.8. The van der Waals surface area contributed by atoms with E-state index in [9.17, 15) is 4.39 Å². The predicted octanol–water partition coefficient (Wildman–Crippen LogP) is 2.79. The molecule has 0 amide bonds. The van der Waals surface area contributed by atoms with Gasteiger partial charge >= 0.3 is 0 Å². The van der Waals surface area contributed by atoms with E-state index >= 15 is 0 Å². The zero-order valence-electron chi connectivity index (χ0n) is 9.78. The first-order valence-corrected chi connectivity index (χ1v) is 5.76. The maximum absolute atomic E-state index is 12.8. The highest BCUT2D eigenvalue weighted by Crippen LogP contribution is 2.17. The molecule has 2 N–H and O–H groups in total. The SMILES string of the molecule is CCC(NCc1cn[nH]c1)c1ccc(F)cc1. The lowest BCUT2D eigenvalue weighted by Gasteiger charge is -2.16. The third-order valence-corrected chi connectivity index (χ3v) is 2.79. The second kappa shape index (κ2) is 5.59. The molecule has 1 aromatic heterocycles. The van der Waals surface area contributed by atoms with Crippen molar-refractivity contribution in [2.24, 2.45) is 0 Å². The molecule has 1 aromatic carbocycles. The van der Waals surface area contributed by atoms with E-state index in [0.29, 0.717) is 0 Å². The molecule has 0 aliphatic carbocycles. The Morgan fingerprint density at radius 1 is 1.35 bits per heavy atom. The monoisotopic (exact) mass is 233 g/mol. The normalized spacial score (nSPS) is 12.6. The zero-order valence-corrected chi connectivity index (χ0v) is 9.78. The van der Waals surface area contributed by atoms with Crippen LogP contribution in [0.3, 0.4) is 0 Å². The van der Waals surface area contributed by atoms with Gasteiger partial charge in [-0.2, -0.15) is 5.10 Å². The van der Waals surface area contributed by atoms with Crippen molar-refractivity contribution >= 4 is 0 Å². The number of hydrogen-bond donors (Lipinski definition) is 2. The standard InChI is InChI=1S/C13H16FN3/c1-2-13(11-3-5-12(14)6-4-11)15-7-10-8-16-17-9-10/h3-6,8-9,13,15H,2,7H2,1H3,(H,16,17). The van der Waals surface area contributed by atoms with E-state index in [4.69, 9.17) is 0 Å². The van der Waals surface area contributed by atoms with Gasteiger partial charge in [0.15, 0.2) is 0 Å². The van der Waals surface area contributed by atoms with Gasteiger partial charge < -0.3 is 5.32 Å². The van der Waals surface area contributed by atoms with E-state index in [1.54, 1.807) is 6.20 Å². The van der Waals surface area contributed by atoms with Crippen LogP contribution in [-0.4, -0.2) is 10.2 Å². The number of nitrogens with one attached hydrogen (secondary N) is 2. The van der Waals surface area contributed by atoms with Crippen LogP contribution in [0, 0.1) is 5.82 Å². The van der Waals surface area contributed by atoms with E-state index in [1.165, 1.54) is 12.1 Å². The Hall–Kier alpha value is -1.68. The Labute approximate surface area is 100 Å². The van der Waals surface area contributed by atoms with Crippen LogP contribution in [0.4, 0.5) is 4.39 Å². The lowest BCUT2D eigenvalue weighted by atomic mass is 10.0. The van der Waals surface area contributed by atoms with Crippen LogP contribution in [0.15, 0.2) is 36.7 Å². The molecule has 1 atom stereocenters. The van der Waals surface area contributed by atoms with E-state index in [2.05, 4.69) is 22.4 Å². The van der Waals surface area contributed by atoms with Gasteiger partial charge in [-0.1, -0.05) is 19.1 Å². The number of hydrogen-bond acceptors (Lipinski definition) is 2. The summed E-state index contributed by atoms with van der Waals surface area (Å²) in [7, 11) is 0. The Morgan fingerprint density at radius 3 is 2.71 bits per heavy atom. The second-order valence-corrected chi connectivity index (χ2v) is 4.00. The van der Waals surface area contributed by atoms with Crippen LogP contribution in [0.5, 0.6) is 0 Å². The van der Waals surface area contributed by atoms with Crippen molar-refractivity contribution in [2.45, 2.75) is 25.9 Å². The molecule has 90 valence electrons. The first-order valence-electron chi connectivity index (χ1n) is 5.76. The summed E-state index contributed by atoms with van der Waals surface area (Å²) >= 11 is 0. The fourth-order valence-corrected chi connectivity index (χ4v) is 1.81. The van der Waals surface area contributed by atoms with Crippen molar-refractivity contribution in [3.8, 4) is 0 Å². The molecule has 0 bridgehead atoms. The lowest BCUT2D eigenvalue weighted by molar-refractivity contribution is 0.517. The molecule has 2 aromatic rings. The fourth-order valence-electron chi connectivity index (χ4n) is 1.81. The minimum atomic E-state index is -0.196. The van der Waals surface area contributed by atoms with Crippen molar-refractivity contribution in [1.29, 1.82) is 0 Å². The molecule has 0 aliphatic heterocycles. The zero-order chi connectivity index (χ0) is 12.1. The summed E-state index contributed by atoms with van der Waals surface area (Å²) in [5, 5.41) is 10.1. The minimum Gasteiger partial charge on any atom is -0.306 e. The Bertz CT molecular complexity index is 436. The molecule has 0 spiro atoms. The van der Waals surface area contributed by atoms with E-state index in [0.717, 1.165) is 24.1 Å².